The van der Waals surface area contributed by atoms with Gasteiger partial charge in [0.25, 0.3) is 0 Å². The van der Waals surface area contributed by atoms with Crippen LogP contribution in [0.2, 0.25) is 0 Å². The molecule has 1 fully saturated rings. The molecule has 1 atom stereocenters. The van der Waals surface area contributed by atoms with Gasteiger partial charge in [0.2, 0.25) is 0 Å². The van der Waals surface area contributed by atoms with E-state index >= 15 is 0 Å². The normalized spacial score (nSPS) is 18.8. The van der Waals surface area contributed by atoms with E-state index in [1.807, 2.05) is 0 Å². The molecule has 0 aromatic rings. The largest absolute Gasteiger partial charge is 0.481 e. The van der Waals surface area contributed by atoms with Crippen LogP contribution >= 0.6 is 0 Å². The van der Waals surface area contributed by atoms with Crippen LogP contribution in [0.25, 0.3) is 0 Å². The number of likely N-dealkylation sites (tertiary alicyclic amines) is 1. The lowest BCUT2D eigenvalue weighted by molar-refractivity contribution is -0.141. The summed E-state index contributed by atoms with van der Waals surface area (Å²) in [6, 6.07) is -0.384. The van der Waals surface area contributed by atoms with Crippen molar-refractivity contribution in [3.05, 3.63) is 0 Å². The molecule has 0 aliphatic carbocycles. The number of rotatable bonds is 7. The van der Waals surface area contributed by atoms with Crippen molar-refractivity contribution in [2.24, 2.45) is 0 Å². The van der Waals surface area contributed by atoms with Crippen molar-refractivity contribution in [2.75, 3.05) is 32.7 Å². The standard InChI is InChI=1S/C12H23N3O4/c1-12(19,8-10(16)17)9-14-11(18)13-4-7-15-5-2-3-6-15/h19H,2-9H2,1H3,(H,16,17)(H2,13,14,18). The fourth-order valence-electron chi connectivity index (χ4n) is 2.06. The lowest BCUT2D eigenvalue weighted by Gasteiger charge is -2.22. The maximum atomic E-state index is 11.4. The minimum absolute atomic E-state index is 0.0884. The van der Waals surface area contributed by atoms with Gasteiger partial charge in [0, 0.05) is 19.6 Å². The van der Waals surface area contributed by atoms with E-state index in [-0.39, 0.29) is 12.6 Å². The number of carboxylic acids is 1. The molecule has 7 nitrogen and oxygen atoms in total. The predicted octanol–water partition coefficient (Wildman–Crippen LogP) is -0.393. The number of carbonyl (C=O) groups excluding carboxylic acids is 1. The van der Waals surface area contributed by atoms with Crippen LogP contribution in [0.1, 0.15) is 26.2 Å². The van der Waals surface area contributed by atoms with E-state index in [1.54, 1.807) is 0 Å². The molecule has 0 saturated carbocycles. The average molecular weight is 273 g/mol. The number of carboxylic acid groups (broad SMARTS) is 1. The van der Waals surface area contributed by atoms with Gasteiger partial charge >= 0.3 is 12.0 Å². The zero-order chi connectivity index (χ0) is 14.3. The van der Waals surface area contributed by atoms with Gasteiger partial charge in [-0.05, 0) is 32.9 Å². The first-order valence-corrected chi connectivity index (χ1v) is 6.57. The summed E-state index contributed by atoms with van der Waals surface area (Å²) in [5, 5.41) is 23.4. The molecule has 19 heavy (non-hydrogen) atoms. The van der Waals surface area contributed by atoms with Crippen molar-refractivity contribution in [1.82, 2.24) is 15.5 Å². The number of carbonyl (C=O) groups is 2. The van der Waals surface area contributed by atoms with Gasteiger partial charge in [0.05, 0.1) is 12.0 Å². The molecule has 0 aromatic carbocycles. The molecule has 1 saturated heterocycles. The molecule has 0 bridgehead atoms. The van der Waals surface area contributed by atoms with Crippen LogP contribution in [-0.2, 0) is 4.79 Å². The maximum absolute atomic E-state index is 11.4. The van der Waals surface area contributed by atoms with Gasteiger partial charge < -0.3 is 25.7 Å². The molecule has 0 spiro atoms. The summed E-state index contributed by atoms with van der Waals surface area (Å²) < 4.78 is 0. The van der Waals surface area contributed by atoms with Crippen molar-refractivity contribution in [2.45, 2.75) is 31.8 Å². The molecular formula is C12H23N3O4. The Kier molecular flexibility index (Phi) is 6.04. The number of hydrogen-bond acceptors (Lipinski definition) is 4. The summed E-state index contributed by atoms with van der Waals surface area (Å²) >= 11 is 0. The third-order valence-electron chi connectivity index (χ3n) is 3.07. The van der Waals surface area contributed by atoms with E-state index in [9.17, 15) is 14.7 Å². The highest BCUT2D eigenvalue weighted by molar-refractivity contribution is 5.74. The van der Waals surface area contributed by atoms with E-state index in [2.05, 4.69) is 15.5 Å². The monoisotopic (exact) mass is 273 g/mol. The molecule has 1 unspecified atom stereocenters. The van der Waals surface area contributed by atoms with E-state index in [4.69, 9.17) is 5.11 Å². The van der Waals surface area contributed by atoms with Crippen molar-refractivity contribution in [1.29, 1.82) is 0 Å². The van der Waals surface area contributed by atoms with Gasteiger partial charge in [0.1, 0.15) is 0 Å². The SMILES string of the molecule is CC(O)(CNC(=O)NCCN1CCCC1)CC(=O)O. The van der Waals surface area contributed by atoms with E-state index in [0.717, 1.165) is 19.6 Å². The van der Waals surface area contributed by atoms with Crippen LogP contribution < -0.4 is 10.6 Å². The van der Waals surface area contributed by atoms with Gasteiger partial charge in [-0.15, -0.1) is 0 Å². The predicted molar refractivity (Wildman–Crippen MR) is 70.0 cm³/mol. The van der Waals surface area contributed by atoms with Crippen molar-refractivity contribution in [3.63, 3.8) is 0 Å². The summed E-state index contributed by atoms with van der Waals surface area (Å²) in [5.74, 6) is -1.10. The van der Waals surface area contributed by atoms with Crippen LogP contribution in [0.3, 0.4) is 0 Å². The van der Waals surface area contributed by atoms with Crippen LogP contribution in [0, 0.1) is 0 Å². The van der Waals surface area contributed by atoms with Gasteiger partial charge in [-0.2, -0.15) is 0 Å². The Balaban J connectivity index is 2.11. The molecule has 1 aliphatic heterocycles. The number of aliphatic carboxylic acids is 1. The highest BCUT2D eigenvalue weighted by Crippen LogP contribution is 2.07. The Hall–Kier alpha value is -1.34. The van der Waals surface area contributed by atoms with E-state index in [1.165, 1.54) is 19.8 Å². The quantitative estimate of drug-likeness (QED) is 0.506. The second kappa shape index (κ2) is 7.30. The Bertz CT molecular complexity index is 314. The summed E-state index contributed by atoms with van der Waals surface area (Å²) in [4.78, 5) is 24.2. The second-order valence-electron chi connectivity index (χ2n) is 5.23. The number of nitrogens with zero attached hydrogens (tertiary/aromatic N) is 1. The highest BCUT2D eigenvalue weighted by atomic mass is 16.4. The number of hydrogen-bond donors (Lipinski definition) is 4. The fourth-order valence-corrected chi connectivity index (χ4v) is 2.06. The summed E-state index contributed by atoms with van der Waals surface area (Å²) in [5.41, 5.74) is -1.43. The molecule has 4 N–H and O–H groups in total. The first-order chi connectivity index (χ1) is 8.89. The third kappa shape index (κ3) is 6.97. The Labute approximate surface area is 113 Å². The van der Waals surface area contributed by atoms with Crippen molar-refractivity contribution in [3.8, 4) is 0 Å². The van der Waals surface area contributed by atoms with E-state index in [0.29, 0.717) is 6.54 Å². The zero-order valence-electron chi connectivity index (χ0n) is 11.3. The molecular weight excluding hydrogens is 250 g/mol. The fraction of sp³-hybridized carbons (Fsp3) is 0.833. The van der Waals surface area contributed by atoms with Gasteiger partial charge in [-0.3, -0.25) is 4.79 Å². The molecule has 7 heteroatoms. The molecule has 1 rings (SSSR count). The maximum Gasteiger partial charge on any atom is 0.314 e. The second-order valence-corrected chi connectivity index (χ2v) is 5.23. The zero-order valence-corrected chi connectivity index (χ0v) is 11.3. The number of amides is 2. The van der Waals surface area contributed by atoms with Gasteiger partial charge in [0.15, 0.2) is 0 Å². The first-order valence-electron chi connectivity index (χ1n) is 6.57. The first kappa shape index (κ1) is 15.7. The van der Waals surface area contributed by atoms with Crippen molar-refractivity contribution < 1.29 is 19.8 Å². The smallest absolute Gasteiger partial charge is 0.314 e. The molecule has 1 heterocycles. The lowest BCUT2D eigenvalue weighted by Crippen LogP contribution is -2.47. The number of urea groups is 1. The summed E-state index contributed by atoms with van der Waals surface area (Å²) in [6.45, 7) is 4.82. The number of aliphatic hydroxyl groups is 1. The molecule has 1 aliphatic rings. The van der Waals surface area contributed by atoms with E-state index < -0.39 is 18.0 Å². The lowest BCUT2D eigenvalue weighted by atomic mass is 10.0. The molecule has 0 aromatic heterocycles. The van der Waals surface area contributed by atoms with Gasteiger partial charge in [-0.1, -0.05) is 0 Å². The highest BCUT2D eigenvalue weighted by Gasteiger charge is 2.24. The minimum atomic E-state index is -1.43. The van der Waals surface area contributed by atoms with Crippen molar-refractivity contribution >= 4 is 12.0 Å². The van der Waals surface area contributed by atoms with Crippen LogP contribution in [0.4, 0.5) is 4.79 Å². The van der Waals surface area contributed by atoms with Gasteiger partial charge in [-0.25, -0.2) is 4.79 Å². The topological polar surface area (TPSA) is 102 Å². The molecule has 110 valence electrons. The summed E-state index contributed by atoms with van der Waals surface area (Å²) in [6.07, 6.45) is 2.02. The minimum Gasteiger partial charge on any atom is -0.481 e. The van der Waals surface area contributed by atoms with Crippen LogP contribution in [0.15, 0.2) is 0 Å². The van der Waals surface area contributed by atoms with Crippen LogP contribution in [0.5, 0.6) is 0 Å². The number of nitrogens with one attached hydrogen (secondary N) is 2. The Morgan fingerprint density at radius 2 is 1.89 bits per heavy atom. The molecule has 2 amide bonds. The van der Waals surface area contributed by atoms with Crippen LogP contribution in [-0.4, -0.2) is 65.4 Å². The average Bonchev–Trinajstić information content (AvgIpc) is 2.78. The third-order valence-corrected chi connectivity index (χ3v) is 3.07. The molecule has 0 radical (unpaired) electrons. The Morgan fingerprint density at radius 1 is 1.26 bits per heavy atom. The summed E-state index contributed by atoms with van der Waals surface area (Å²) in [7, 11) is 0. The Morgan fingerprint density at radius 3 is 2.47 bits per heavy atom.